The minimum Gasteiger partial charge on any atom is -0.495 e. The first-order valence-corrected chi connectivity index (χ1v) is 9.93. The quantitative estimate of drug-likeness (QED) is 0.369. The highest BCUT2D eigenvalue weighted by molar-refractivity contribution is 6.08. The van der Waals surface area contributed by atoms with Crippen molar-refractivity contribution in [3.63, 3.8) is 0 Å². The van der Waals surface area contributed by atoms with Crippen LogP contribution in [0.5, 0.6) is 17.2 Å². The number of hydrogen-bond acceptors (Lipinski definition) is 7. The number of hydrogen-bond donors (Lipinski definition) is 4. The molecule has 0 unspecified atom stereocenters. The molecule has 0 saturated carbocycles. The van der Waals surface area contributed by atoms with Crippen LogP contribution in [-0.2, 0) is 0 Å². The van der Waals surface area contributed by atoms with Crippen LogP contribution in [0.25, 0.3) is 0 Å². The topological polar surface area (TPSA) is 149 Å². The second-order valence-electron chi connectivity index (χ2n) is 7.00. The van der Waals surface area contributed by atoms with Gasteiger partial charge in [0.25, 0.3) is 11.8 Å². The number of carbonyl (C=O) groups excluding carboxylic acids is 2. The van der Waals surface area contributed by atoms with Crippen LogP contribution in [0, 0.1) is 0 Å². The fourth-order valence-corrected chi connectivity index (χ4v) is 3.10. The maximum Gasteiger partial charge on any atom is 0.335 e. The standard InChI is InChI=1S/C24H23N3O7/c1-32-19-10-13(4-7-16(19)25)22(28)26-17-8-5-14(11-20(17)33-2)23(29)27-18-9-6-15(24(30)31)12-21(18)34-3/h4-12H,25H2,1-3H3,(H,26,28)(H,27,29)(H,30,31). The first-order valence-electron chi connectivity index (χ1n) is 9.93. The van der Waals surface area contributed by atoms with Gasteiger partial charge in [0.2, 0.25) is 0 Å². The van der Waals surface area contributed by atoms with Gasteiger partial charge >= 0.3 is 5.97 Å². The van der Waals surface area contributed by atoms with Crippen LogP contribution >= 0.6 is 0 Å². The number of benzene rings is 3. The van der Waals surface area contributed by atoms with Crippen molar-refractivity contribution in [1.82, 2.24) is 0 Å². The molecule has 10 nitrogen and oxygen atoms in total. The molecule has 0 spiro atoms. The molecule has 176 valence electrons. The Labute approximate surface area is 195 Å². The lowest BCUT2D eigenvalue weighted by molar-refractivity contribution is 0.0696. The molecule has 34 heavy (non-hydrogen) atoms. The number of methoxy groups -OCH3 is 3. The summed E-state index contributed by atoms with van der Waals surface area (Å²) >= 11 is 0. The van der Waals surface area contributed by atoms with Gasteiger partial charge in [0, 0.05) is 11.1 Å². The lowest BCUT2D eigenvalue weighted by Crippen LogP contribution is -2.15. The number of carboxylic acid groups (broad SMARTS) is 1. The Kier molecular flexibility index (Phi) is 7.22. The van der Waals surface area contributed by atoms with Crippen molar-refractivity contribution in [2.24, 2.45) is 0 Å². The molecule has 0 heterocycles. The molecule has 0 aliphatic rings. The van der Waals surface area contributed by atoms with E-state index in [4.69, 9.17) is 25.1 Å². The first kappa shape index (κ1) is 23.9. The van der Waals surface area contributed by atoms with E-state index in [2.05, 4.69) is 10.6 Å². The molecule has 0 saturated heterocycles. The van der Waals surface area contributed by atoms with E-state index >= 15 is 0 Å². The number of carboxylic acids is 1. The normalized spacial score (nSPS) is 10.2. The van der Waals surface area contributed by atoms with Gasteiger partial charge in [-0.2, -0.15) is 0 Å². The number of aromatic carboxylic acids is 1. The fourth-order valence-electron chi connectivity index (χ4n) is 3.10. The van der Waals surface area contributed by atoms with Gasteiger partial charge in [0.05, 0.1) is 44.0 Å². The van der Waals surface area contributed by atoms with Gasteiger partial charge in [0.1, 0.15) is 17.2 Å². The average Bonchev–Trinajstić information content (AvgIpc) is 2.84. The van der Waals surface area contributed by atoms with Crippen LogP contribution in [-0.4, -0.2) is 44.2 Å². The Balaban J connectivity index is 1.80. The average molecular weight is 465 g/mol. The summed E-state index contributed by atoms with van der Waals surface area (Å²) in [7, 11) is 4.23. The van der Waals surface area contributed by atoms with Gasteiger partial charge in [-0.1, -0.05) is 0 Å². The van der Waals surface area contributed by atoms with Gasteiger partial charge in [-0.3, -0.25) is 9.59 Å². The van der Waals surface area contributed by atoms with Crippen LogP contribution in [0.2, 0.25) is 0 Å². The number of amides is 2. The van der Waals surface area contributed by atoms with Gasteiger partial charge < -0.3 is 35.7 Å². The zero-order valence-corrected chi connectivity index (χ0v) is 18.7. The minimum absolute atomic E-state index is 0.0235. The summed E-state index contributed by atoms with van der Waals surface area (Å²) in [6.07, 6.45) is 0. The van der Waals surface area contributed by atoms with Crippen molar-refractivity contribution in [2.45, 2.75) is 0 Å². The van der Waals surface area contributed by atoms with Crippen LogP contribution in [0.3, 0.4) is 0 Å². The third-order valence-corrected chi connectivity index (χ3v) is 4.90. The fraction of sp³-hybridized carbons (Fsp3) is 0.125. The van der Waals surface area contributed by atoms with Gasteiger partial charge in [-0.25, -0.2) is 4.79 Å². The molecule has 3 aromatic carbocycles. The van der Waals surface area contributed by atoms with E-state index in [-0.39, 0.29) is 22.6 Å². The Morgan fingerprint density at radius 2 is 1.09 bits per heavy atom. The van der Waals surface area contributed by atoms with E-state index < -0.39 is 17.8 Å². The van der Waals surface area contributed by atoms with E-state index in [0.29, 0.717) is 28.4 Å². The maximum atomic E-state index is 12.8. The molecular formula is C24H23N3O7. The van der Waals surface area contributed by atoms with Crippen molar-refractivity contribution in [2.75, 3.05) is 37.7 Å². The number of ether oxygens (including phenoxy) is 3. The summed E-state index contributed by atoms with van der Waals surface area (Å²) in [6, 6.07) is 13.2. The van der Waals surface area contributed by atoms with Crippen LogP contribution < -0.4 is 30.6 Å². The molecule has 3 aromatic rings. The monoisotopic (exact) mass is 465 g/mol. The Hall–Kier alpha value is -4.73. The molecule has 3 rings (SSSR count). The van der Waals surface area contributed by atoms with Crippen molar-refractivity contribution in [3.05, 3.63) is 71.3 Å². The number of rotatable bonds is 8. The summed E-state index contributed by atoms with van der Waals surface area (Å²) in [4.78, 5) is 36.6. The summed E-state index contributed by atoms with van der Waals surface area (Å²) in [5.41, 5.74) is 7.43. The van der Waals surface area contributed by atoms with E-state index in [9.17, 15) is 14.4 Å². The third-order valence-electron chi connectivity index (χ3n) is 4.90. The van der Waals surface area contributed by atoms with Crippen molar-refractivity contribution in [1.29, 1.82) is 0 Å². The van der Waals surface area contributed by atoms with Crippen LogP contribution in [0.4, 0.5) is 17.1 Å². The molecule has 5 N–H and O–H groups in total. The lowest BCUT2D eigenvalue weighted by Gasteiger charge is -2.14. The Morgan fingerprint density at radius 3 is 1.56 bits per heavy atom. The van der Waals surface area contributed by atoms with Crippen molar-refractivity contribution in [3.8, 4) is 17.2 Å². The minimum atomic E-state index is -1.11. The molecule has 0 radical (unpaired) electrons. The SMILES string of the molecule is COc1cc(C(=O)Nc2ccc(C(=O)Nc3ccc(C(=O)O)cc3OC)cc2OC)ccc1N. The molecule has 0 aliphatic carbocycles. The zero-order chi connectivity index (χ0) is 24.8. The highest BCUT2D eigenvalue weighted by atomic mass is 16.5. The summed E-state index contributed by atoms with van der Waals surface area (Å²) in [5, 5.41) is 14.5. The molecule has 0 aliphatic heterocycles. The van der Waals surface area contributed by atoms with Crippen molar-refractivity contribution >= 4 is 34.8 Å². The van der Waals surface area contributed by atoms with Crippen LogP contribution in [0.15, 0.2) is 54.6 Å². The Bertz CT molecular complexity index is 1260. The van der Waals surface area contributed by atoms with Gasteiger partial charge in [0.15, 0.2) is 0 Å². The third kappa shape index (κ3) is 5.18. The lowest BCUT2D eigenvalue weighted by atomic mass is 10.1. The number of nitrogen functional groups attached to an aromatic ring is 1. The highest BCUT2D eigenvalue weighted by Gasteiger charge is 2.16. The number of nitrogens with two attached hydrogens (primary N) is 1. The Morgan fingerprint density at radius 1 is 0.676 bits per heavy atom. The predicted molar refractivity (Wildman–Crippen MR) is 126 cm³/mol. The molecule has 0 fully saturated rings. The number of carbonyl (C=O) groups is 3. The number of anilines is 3. The molecular weight excluding hydrogens is 442 g/mol. The molecule has 0 bridgehead atoms. The van der Waals surface area contributed by atoms with E-state index in [1.165, 1.54) is 63.8 Å². The van der Waals surface area contributed by atoms with E-state index in [1.54, 1.807) is 12.1 Å². The zero-order valence-electron chi connectivity index (χ0n) is 18.7. The summed E-state index contributed by atoms with van der Waals surface area (Å²) in [6.45, 7) is 0. The first-order chi connectivity index (χ1) is 16.3. The molecule has 2 amide bonds. The molecule has 0 atom stereocenters. The highest BCUT2D eigenvalue weighted by Crippen LogP contribution is 2.30. The van der Waals surface area contributed by atoms with Gasteiger partial charge in [-0.15, -0.1) is 0 Å². The van der Waals surface area contributed by atoms with Gasteiger partial charge in [-0.05, 0) is 54.6 Å². The van der Waals surface area contributed by atoms with Crippen molar-refractivity contribution < 1.29 is 33.7 Å². The molecule has 10 heteroatoms. The largest absolute Gasteiger partial charge is 0.495 e. The van der Waals surface area contributed by atoms with E-state index in [0.717, 1.165) is 0 Å². The van der Waals surface area contributed by atoms with E-state index in [1.807, 2.05) is 0 Å². The molecule has 0 aromatic heterocycles. The number of nitrogens with one attached hydrogen (secondary N) is 2. The summed E-state index contributed by atoms with van der Waals surface area (Å²) in [5.74, 6) is -1.19. The predicted octanol–water partition coefficient (Wildman–Crippen LogP) is 3.50. The maximum absolute atomic E-state index is 12.8. The van der Waals surface area contributed by atoms with Crippen LogP contribution in [0.1, 0.15) is 31.1 Å². The second-order valence-corrected chi connectivity index (χ2v) is 7.00. The second kappa shape index (κ2) is 10.3. The summed E-state index contributed by atoms with van der Waals surface area (Å²) < 4.78 is 15.7. The smallest absolute Gasteiger partial charge is 0.335 e.